The number of amides is 1. The molecule has 0 spiro atoms. The van der Waals surface area contributed by atoms with Gasteiger partial charge in [-0.05, 0) is 34.2 Å². The van der Waals surface area contributed by atoms with E-state index in [-0.39, 0.29) is 11.8 Å². The maximum Gasteiger partial charge on any atom is 0.328 e. The molecule has 0 bridgehead atoms. The van der Waals surface area contributed by atoms with Crippen LogP contribution in [0.5, 0.6) is 0 Å². The van der Waals surface area contributed by atoms with Crippen LogP contribution in [0.15, 0.2) is 24.3 Å². The summed E-state index contributed by atoms with van der Waals surface area (Å²) >= 11 is 2.21. The minimum Gasteiger partial charge on any atom is -0.467 e. The van der Waals surface area contributed by atoms with Crippen molar-refractivity contribution in [2.45, 2.75) is 26.3 Å². The van der Waals surface area contributed by atoms with Crippen LogP contribution >= 0.6 is 22.6 Å². The number of benzene rings is 1. The molecule has 0 aliphatic carbocycles. The van der Waals surface area contributed by atoms with Crippen LogP contribution in [0.1, 0.15) is 19.4 Å². The minimum atomic E-state index is -0.643. The highest BCUT2D eigenvalue weighted by Crippen LogP contribution is 2.14. The van der Waals surface area contributed by atoms with Gasteiger partial charge in [0.15, 0.2) is 0 Å². The lowest BCUT2D eigenvalue weighted by Gasteiger charge is -2.18. The molecular formula is C14H18INO3. The third kappa shape index (κ3) is 4.81. The Morgan fingerprint density at radius 2 is 1.95 bits per heavy atom. The Morgan fingerprint density at radius 1 is 1.32 bits per heavy atom. The van der Waals surface area contributed by atoms with Gasteiger partial charge in [-0.25, -0.2) is 4.79 Å². The Morgan fingerprint density at radius 3 is 2.47 bits per heavy atom. The highest BCUT2D eigenvalue weighted by atomic mass is 127. The molecule has 1 aromatic rings. The Hall–Kier alpha value is -1.11. The van der Waals surface area contributed by atoms with Crippen LogP contribution in [0.25, 0.3) is 0 Å². The first-order valence-corrected chi connectivity index (χ1v) is 7.15. The van der Waals surface area contributed by atoms with Crippen molar-refractivity contribution >= 4 is 34.5 Å². The van der Waals surface area contributed by atoms with Crippen molar-refractivity contribution in [3.8, 4) is 0 Å². The van der Waals surface area contributed by atoms with Crippen molar-refractivity contribution in [3.05, 3.63) is 33.4 Å². The minimum absolute atomic E-state index is 0.152. The molecule has 1 amide bonds. The van der Waals surface area contributed by atoms with Crippen LogP contribution in [-0.2, 0) is 20.7 Å². The normalized spacial score (nSPS) is 12.1. The molecule has 0 saturated carbocycles. The highest BCUT2D eigenvalue weighted by molar-refractivity contribution is 14.1. The number of carbonyl (C=O) groups is 2. The van der Waals surface area contributed by atoms with E-state index in [0.717, 1.165) is 9.13 Å². The molecule has 5 heteroatoms. The van der Waals surface area contributed by atoms with Crippen molar-refractivity contribution in [1.29, 1.82) is 0 Å². The molecule has 1 aromatic carbocycles. The smallest absolute Gasteiger partial charge is 0.328 e. The van der Waals surface area contributed by atoms with Gasteiger partial charge in [0.05, 0.1) is 7.11 Å². The molecule has 0 aliphatic heterocycles. The summed E-state index contributed by atoms with van der Waals surface area (Å²) in [5, 5.41) is 2.73. The number of halogens is 1. The fourth-order valence-corrected chi connectivity index (χ4v) is 2.17. The first kappa shape index (κ1) is 15.9. The van der Waals surface area contributed by atoms with Crippen LogP contribution in [0, 0.1) is 9.49 Å². The van der Waals surface area contributed by atoms with E-state index in [9.17, 15) is 9.59 Å². The van der Waals surface area contributed by atoms with Crippen molar-refractivity contribution < 1.29 is 14.3 Å². The molecule has 104 valence electrons. The first-order valence-electron chi connectivity index (χ1n) is 6.07. The zero-order valence-corrected chi connectivity index (χ0v) is 13.4. The summed E-state index contributed by atoms with van der Waals surface area (Å²) in [7, 11) is 1.33. The van der Waals surface area contributed by atoms with Crippen molar-refractivity contribution in [3.63, 3.8) is 0 Å². The lowest BCUT2D eigenvalue weighted by atomic mass is 10.1. The van der Waals surface area contributed by atoms with E-state index in [1.165, 1.54) is 7.11 Å². The molecule has 0 unspecified atom stereocenters. The molecule has 0 saturated heterocycles. The van der Waals surface area contributed by atoms with Gasteiger partial charge in [0.25, 0.3) is 0 Å². The maximum atomic E-state index is 11.7. The summed E-state index contributed by atoms with van der Waals surface area (Å²) in [5.74, 6) is -0.739. The van der Waals surface area contributed by atoms with Crippen LogP contribution in [0.4, 0.5) is 0 Å². The molecule has 0 aliphatic rings. The molecule has 19 heavy (non-hydrogen) atoms. The molecular weight excluding hydrogens is 357 g/mol. The van der Waals surface area contributed by atoms with E-state index in [0.29, 0.717) is 6.42 Å². The second-order valence-corrected chi connectivity index (χ2v) is 5.70. The number of methoxy groups -OCH3 is 1. The van der Waals surface area contributed by atoms with Crippen LogP contribution in [0.2, 0.25) is 0 Å². The van der Waals surface area contributed by atoms with Crippen molar-refractivity contribution in [1.82, 2.24) is 5.32 Å². The lowest BCUT2D eigenvalue weighted by Crippen LogP contribution is -2.44. The predicted molar refractivity (Wildman–Crippen MR) is 81.6 cm³/mol. The van der Waals surface area contributed by atoms with Gasteiger partial charge in [-0.1, -0.05) is 32.0 Å². The predicted octanol–water partition coefficient (Wildman–Crippen LogP) is 2.15. The van der Waals surface area contributed by atoms with E-state index in [1.807, 2.05) is 24.3 Å². The van der Waals surface area contributed by atoms with E-state index < -0.39 is 12.0 Å². The number of hydrogen-bond donors (Lipinski definition) is 1. The van der Waals surface area contributed by atoms with Crippen molar-refractivity contribution in [2.24, 2.45) is 5.92 Å². The van der Waals surface area contributed by atoms with Crippen molar-refractivity contribution in [2.75, 3.05) is 7.11 Å². The quantitative estimate of drug-likeness (QED) is 0.634. The fraction of sp³-hybridized carbons (Fsp3) is 0.429. The molecule has 1 atom stereocenters. The molecule has 1 rings (SSSR count). The van der Waals surface area contributed by atoms with Crippen LogP contribution in [-0.4, -0.2) is 25.0 Å². The number of nitrogens with one attached hydrogen (secondary N) is 1. The number of esters is 1. The summed E-state index contributed by atoms with van der Waals surface area (Å²) in [6, 6.07) is 7.12. The first-order chi connectivity index (χ1) is 8.95. The van der Waals surface area contributed by atoms with Gasteiger partial charge in [0.2, 0.25) is 5.91 Å². The Balaban J connectivity index is 2.84. The van der Waals surface area contributed by atoms with Gasteiger partial charge >= 0.3 is 5.97 Å². The molecule has 0 heterocycles. The van der Waals surface area contributed by atoms with E-state index in [1.54, 1.807) is 13.8 Å². The monoisotopic (exact) mass is 375 g/mol. The Labute approximate surface area is 127 Å². The van der Waals surface area contributed by atoms with Gasteiger partial charge in [0.1, 0.15) is 6.04 Å². The molecule has 4 nitrogen and oxygen atoms in total. The van der Waals surface area contributed by atoms with Gasteiger partial charge in [-0.3, -0.25) is 4.79 Å². The summed E-state index contributed by atoms with van der Waals surface area (Å²) < 4.78 is 5.81. The number of carbonyl (C=O) groups excluding carboxylic acids is 2. The zero-order valence-electron chi connectivity index (χ0n) is 11.3. The molecule has 1 N–H and O–H groups in total. The standard InChI is InChI=1S/C14H18INO3/c1-9(2)13(17)16-12(14(18)19-3)8-10-6-4-5-7-11(10)15/h4-7,9,12H,8H2,1-3H3,(H,16,17)/t12-/m1/s1. The van der Waals surface area contributed by atoms with E-state index in [2.05, 4.69) is 27.9 Å². The second-order valence-electron chi connectivity index (χ2n) is 4.53. The van der Waals surface area contributed by atoms with Gasteiger partial charge in [-0.2, -0.15) is 0 Å². The fourth-order valence-electron chi connectivity index (χ4n) is 1.56. The summed E-state index contributed by atoms with van der Waals surface area (Å²) in [5.41, 5.74) is 1.02. The van der Waals surface area contributed by atoms with Crippen LogP contribution < -0.4 is 5.32 Å². The highest BCUT2D eigenvalue weighted by Gasteiger charge is 2.23. The number of hydrogen-bond acceptors (Lipinski definition) is 3. The lowest BCUT2D eigenvalue weighted by molar-refractivity contribution is -0.145. The maximum absolute atomic E-state index is 11.7. The summed E-state index contributed by atoms with van der Waals surface area (Å²) in [6.07, 6.45) is 0.435. The SMILES string of the molecule is COC(=O)[C@@H](Cc1ccccc1I)NC(=O)C(C)C. The summed E-state index contributed by atoms with van der Waals surface area (Å²) in [6.45, 7) is 3.58. The largest absolute Gasteiger partial charge is 0.467 e. The topological polar surface area (TPSA) is 55.4 Å². The molecule has 0 aromatic heterocycles. The van der Waals surface area contributed by atoms with E-state index in [4.69, 9.17) is 4.74 Å². The second kappa shape index (κ2) is 7.47. The third-order valence-corrected chi connectivity index (χ3v) is 3.76. The average Bonchev–Trinajstić information content (AvgIpc) is 2.39. The van der Waals surface area contributed by atoms with Gasteiger partial charge in [0, 0.05) is 15.9 Å². The Bertz CT molecular complexity index is 460. The molecule has 0 radical (unpaired) electrons. The van der Waals surface area contributed by atoms with E-state index >= 15 is 0 Å². The average molecular weight is 375 g/mol. The molecule has 0 fully saturated rings. The zero-order chi connectivity index (χ0) is 14.4. The number of rotatable bonds is 5. The van der Waals surface area contributed by atoms with Gasteiger partial charge < -0.3 is 10.1 Å². The Kier molecular flexibility index (Phi) is 6.27. The van der Waals surface area contributed by atoms with Crippen LogP contribution in [0.3, 0.4) is 0 Å². The number of ether oxygens (including phenoxy) is 1. The third-order valence-electron chi connectivity index (χ3n) is 2.71. The van der Waals surface area contributed by atoms with Gasteiger partial charge in [-0.15, -0.1) is 0 Å². The summed E-state index contributed by atoms with van der Waals surface area (Å²) in [4.78, 5) is 23.5.